The first-order chi connectivity index (χ1) is 10.1. The van der Waals surface area contributed by atoms with Gasteiger partial charge in [-0.05, 0) is 64.9 Å². The van der Waals surface area contributed by atoms with Gasteiger partial charge < -0.3 is 10.2 Å². The van der Waals surface area contributed by atoms with Crippen LogP contribution in [0.15, 0.2) is 6.07 Å². The van der Waals surface area contributed by atoms with Crippen LogP contribution in [0.25, 0.3) is 0 Å². The quantitative estimate of drug-likeness (QED) is 0.836. The Morgan fingerprint density at radius 2 is 2.14 bits per heavy atom. The highest BCUT2D eigenvalue weighted by Gasteiger charge is 2.26. The standard InChI is InChI=1S/C17H29N3S/c1-13-14(9-17(21-13)10-18-15-6-7-15)11-20-8-4-5-16(20)12-19(2)3/h9,15-16,18H,4-8,10-12H2,1-3H3. The van der Waals surface area contributed by atoms with Gasteiger partial charge in [0.05, 0.1) is 0 Å². The van der Waals surface area contributed by atoms with Gasteiger partial charge in [-0.1, -0.05) is 0 Å². The molecule has 0 amide bonds. The molecule has 2 heterocycles. The SMILES string of the molecule is Cc1sc(CNC2CC2)cc1CN1CCCC1CN(C)C. The average molecular weight is 308 g/mol. The maximum Gasteiger partial charge on any atom is 0.0302 e. The molecule has 21 heavy (non-hydrogen) atoms. The molecule has 1 aliphatic carbocycles. The minimum Gasteiger partial charge on any atom is -0.309 e. The monoisotopic (exact) mass is 307 g/mol. The lowest BCUT2D eigenvalue weighted by Crippen LogP contribution is -2.37. The van der Waals surface area contributed by atoms with Crippen molar-refractivity contribution in [2.24, 2.45) is 0 Å². The van der Waals surface area contributed by atoms with Crippen molar-refractivity contribution < 1.29 is 0 Å². The molecule has 1 aromatic heterocycles. The van der Waals surface area contributed by atoms with Crippen LogP contribution in [0.1, 0.15) is 41.0 Å². The molecule has 1 unspecified atom stereocenters. The summed E-state index contributed by atoms with van der Waals surface area (Å²) in [7, 11) is 4.38. The van der Waals surface area contributed by atoms with Crippen LogP contribution in [-0.2, 0) is 13.1 Å². The van der Waals surface area contributed by atoms with Gasteiger partial charge in [0.15, 0.2) is 0 Å². The molecule has 4 heteroatoms. The molecule has 0 bridgehead atoms. The fraction of sp³-hybridized carbons (Fsp3) is 0.765. The maximum absolute atomic E-state index is 3.63. The van der Waals surface area contributed by atoms with Gasteiger partial charge in [0, 0.05) is 41.5 Å². The van der Waals surface area contributed by atoms with Gasteiger partial charge in [0.1, 0.15) is 0 Å². The molecule has 0 radical (unpaired) electrons. The lowest BCUT2D eigenvalue weighted by molar-refractivity contribution is 0.201. The molecule has 1 aliphatic heterocycles. The third-order valence-corrected chi connectivity index (χ3v) is 5.76. The third kappa shape index (κ3) is 4.28. The van der Waals surface area contributed by atoms with E-state index < -0.39 is 0 Å². The van der Waals surface area contributed by atoms with Crippen LogP contribution < -0.4 is 5.32 Å². The zero-order chi connectivity index (χ0) is 14.8. The normalized spacial score (nSPS) is 23.3. The molecule has 0 aromatic carbocycles. The smallest absolute Gasteiger partial charge is 0.0302 e. The molecule has 2 fully saturated rings. The van der Waals surface area contributed by atoms with Crippen molar-refractivity contribution in [3.8, 4) is 0 Å². The minimum atomic E-state index is 0.743. The van der Waals surface area contributed by atoms with Gasteiger partial charge in [-0.2, -0.15) is 0 Å². The molecular weight excluding hydrogens is 278 g/mol. The van der Waals surface area contributed by atoms with Crippen molar-refractivity contribution in [3.05, 3.63) is 21.4 Å². The summed E-state index contributed by atoms with van der Waals surface area (Å²) in [5, 5.41) is 3.63. The Labute approximate surface area is 133 Å². The summed E-state index contributed by atoms with van der Waals surface area (Å²) in [6.45, 7) is 6.96. The van der Waals surface area contributed by atoms with Crippen LogP contribution >= 0.6 is 11.3 Å². The number of nitrogens with zero attached hydrogens (tertiary/aromatic N) is 2. The second-order valence-electron chi connectivity index (χ2n) is 6.98. The molecule has 1 N–H and O–H groups in total. The van der Waals surface area contributed by atoms with E-state index in [0.29, 0.717) is 0 Å². The number of aryl methyl sites for hydroxylation is 1. The molecule has 1 saturated heterocycles. The maximum atomic E-state index is 3.63. The van der Waals surface area contributed by atoms with Crippen molar-refractivity contribution in [1.82, 2.24) is 15.1 Å². The van der Waals surface area contributed by atoms with Gasteiger partial charge in [0.2, 0.25) is 0 Å². The lowest BCUT2D eigenvalue weighted by Gasteiger charge is -2.27. The van der Waals surface area contributed by atoms with E-state index in [0.717, 1.165) is 25.2 Å². The number of likely N-dealkylation sites (tertiary alicyclic amines) is 1. The molecule has 1 aromatic rings. The first-order valence-electron chi connectivity index (χ1n) is 8.32. The van der Waals surface area contributed by atoms with Gasteiger partial charge in [-0.15, -0.1) is 11.3 Å². The largest absolute Gasteiger partial charge is 0.309 e. The third-order valence-electron chi connectivity index (χ3n) is 4.66. The van der Waals surface area contributed by atoms with Crippen molar-refractivity contribution in [2.75, 3.05) is 27.2 Å². The molecule has 1 atom stereocenters. The van der Waals surface area contributed by atoms with Crippen LogP contribution in [-0.4, -0.2) is 49.1 Å². The zero-order valence-corrected chi connectivity index (χ0v) is 14.5. The number of thiophene rings is 1. The summed E-state index contributed by atoms with van der Waals surface area (Å²) in [6.07, 6.45) is 5.46. The molecule has 0 spiro atoms. The molecule has 3 rings (SSSR count). The van der Waals surface area contributed by atoms with E-state index in [9.17, 15) is 0 Å². The van der Waals surface area contributed by atoms with E-state index in [1.54, 1.807) is 5.56 Å². The van der Waals surface area contributed by atoms with Gasteiger partial charge in [0.25, 0.3) is 0 Å². The van der Waals surface area contributed by atoms with E-state index in [1.165, 1.54) is 48.5 Å². The summed E-state index contributed by atoms with van der Waals surface area (Å²) in [6, 6.07) is 3.99. The van der Waals surface area contributed by atoms with Crippen molar-refractivity contribution in [3.63, 3.8) is 0 Å². The second-order valence-corrected chi connectivity index (χ2v) is 8.32. The average Bonchev–Trinajstić information content (AvgIpc) is 3.07. The summed E-state index contributed by atoms with van der Waals surface area (Å²) < 4.78 is 0. The number of hydrogen-bond donors (Lipinski definition) is 1. The Kier molecular flexibility index (Phi) is 4.99. The van der Waals surface area contributed by atoms with Crippen LogP contribution in [0.3, 0.4) is 0 Å². The van der Waals surface area contributed by atoms with E-state index >= 15 is 0 Å². The Morgan fingerprint density at radius 1 is 1.33 bits per heavy atom. The van der Waals surface area contributed by atoms with Gasteiger partial charge in [-0.25, -0.2) is 0 Å². The Hall–Kier alpha value is -0.420. The van der Waals surface area contributed by atoms with Crippen LogP contribution in [0.2, 0.25) is 0 Å². The summed E-state index contributed by atoms with van der Waals surface area (Å²) in [4.78, 5) is 8.04. The van der Waals surface area contributed by atoms with Crippen molar-refractivity contribution in [1.29, 1.82) is 0 Å². The fourth-order valence-corrected chi connectivity index (χ4v) is 4.32. The van der Waals surface area contributed by atoms with Crippen LogP contribution in [0, 0.1) is 6.92 Å². The summed E-state index contributed by atoms with van der Waals surface area (Å²) in [5.74, 6) is 0. The molecule has 118 valence electrons. The predicted octanol–water partition coefficient (Wildman–Crippen LogP) is 2.83. The zero-order valence-electron chi connectivity index (χ0n) is 13.7. The fourth-order valence-electron chi connectivity index (χ4n) is 3.31. The highest BCUT2D eigenvalue weighted by molar-refractivity contribution is 7.12. The first kappa shape index (κ1) is 15.5. The molecule has 1 saturated carbocycles. The molecule has 3 nitrogen and oxygen atoms in total. The number of hydrogen-bond acceptors (Lipinski definition) is 4. The number of likely N-dealkylation sites (N-methyl/N-ethyl adjacent to an activating group) is 1. The Morgan fingerprint density at radius 3 is 2.86 bits per heavy atom. The molecular formula is C17H29N3S. The van der Waals surface area contributed by atoms with E-state index in [4.69, 9.17) is 0 Å². The highest BCUT2D eigenvalue weighted by Crippen LogP contribution is 2.27. The number of rotatable bonds is 7. The topological polar surface area (TPSA) is 18.5 Å². The van der Waals surface area contributed by atoms with Gasteiger partial charge in [-0.3, -0.25) is 4.90 Å². The summed E-state index contributed by atoms with van der Waals surface area (Å²) in [5.41, 5.74) is 1.55. The molecule has 2 aliphatic rings. The van der Waals surface area contributed by atoms with E-state index in [2.05, 4.69) is 42.2 Å². The van der Waals surface area contributed by atoms with Crippen molar-refractivity contribution in [2.45, 2.75) is 57.8 Å². The Bertz CT molecular complexity index is 465. The van der Waals surface area contributed by atoms with Crippen LogP contribution in [0.5, 0.6) is 0 Å². The minimum absolute atomic E-state index is 0.743. The van der Waals surface area contributed by atoms with E-state index in [-0.39, 0.29) is 0 Å². The lowest BCUT2D eigenvalue weighted by atomic mass is 10.2. The highest BCUT2D eigenvalue weighted by atomic mass is 32.1. The number of nitrogens with one attached hydrogen (secondary N) is 1. The summed E-state index contributed by atoms with van der Waals surface area (Å²) >= 11 is 1.98. The predicted molar refractivity (Wildman–Crippen MR) is 90.9 cm³/mol. The van der Waals surface area contributed by atoms with Crippen molar-refractivity contribution >= 4 is 11.3 Å². The van der Waals surface area contributed by atoms with E-state index in [1.807, 2.05) is 11.3 Å². The van der Waals surface area contributed by atoms with Crippen LogP contribution in [0.4, 0.5) is 0 Å². The van der Waals surface area contributed by atoms with Gasteiger partial charge >= 0.3 is 0 Å². The first-order valence-corrected chi connectivity index (χ1v) is 9.14. The second kappa shape index (κ2) is 6.78. The Balaban J connectivity index is 1.58.